The lowest BCUT2D eigenvalue weighted by molar-refractivity contribution is -0.145. The first-order valence-electron chi connectivity index (χ1n) is 7.41. The van der Waals surface area contributed by atoms with E-state index in [1.54, 1.807) is 36.7 Å². The Morgan fingerprint density at radius 2 is 1.91 bits per heavy atom. The predicted octanol–water partition coefficient (Wildman–Crippen LogP) is 2.55. The number of ether oxygens (including phenoxy) is 2. The predicted molar refractivity (Wildman–Crippen MR) is 83.4 cm³/mol. The summed E-state index contributed by atoms with van der Waals surface area (Å²) >= 11 is 0. The summed E-state index contributed by atoms with van der Waals surface area (Å²) in [5, 5.41) is 0. The lowest BCUT2D eigenvalue weighted by atomic mass is 9.97. The topological polar surface area (TPSA) is 65.5 Å². The van der Waals surface area contributed by atoms with Crippen molar-refractivity contribution in [2.45, 2.75) is 18.3 Å². The van der Waals surface area contributed by atoms with E-state index in [-0.39, 0.29) is 18.4 Å². The van der Waals surface area contributed by atoms with Crippen LogP contribution in [0.4, 0.5) is 0 Å². The Morgan fingerprint density at radius 1 is 1.17 bits per heavy atom. The normalized spacial score (nSPS) is 14.8. The molecule has 5 heteroatoms. The molecule has 3 rings (SSSR count). The Labute approximate surface area is 134 Å². The zero-order valence-corrected chi connectivity index (χ0v) is 12.8. The van der Waals surface area contributed by atoms with Gasteiger partial charge in [0, 0.05) is 18.0 Å². The number of hydrogen-bond acceptors (Lipinski definition) is 5. The van der Waals surface area contributed by atoms with E-state index >= 15 is 0 Å². The molecule has 0 N–H and O–H groups in total. The molecule has 0 unspecified atom stereocenters. The monoisotopic (exact) mass is 311 g/mol. The third-order valence-electron chi connectivity index (χ3n) is 4.10. The van der Waals surface area contributed by atoms with E-state index in [9.17, 15) is 9.59 Å². The fraction of sp³-hybridized carbons (Fsp3) is 0.278. The maximum Gasteiger partial charge on any atom is 0.317 e. The summed E-state index contributed by atoms with van der Waals surface area (Å²) in [4.78, 5) is 28.5. The van der Waals surface area contributed by atoms with Gasteiger partial charge in [-0.1, -0.05) is 12.1 Å². The smallest absolute Gasteiger partial charge is 0.317 e. The summed E-state index contributed by atoms with van der Waals surface area (Å²) in [6.07, 6.45) is 4.79. The molecule has 0 aliphatic heterocycles. The number of benzene rings is 1. The lowest BCUT2D eigenvalue weighted by Crippen LogP contribution is -2.25. The Hall–Kier alpha value is -2.69. The Bertz CT molecular complexity index is 723. The van der Waals surface area contributed by atoms with Gasteiger partial charge in [-0.25, -0.2) is 0 Å². The van der Waals surface area contributed by atoms with Crippen molar-refractivity contribution in [3.05, 3.63) is 59.9 Å². The quantitative estimate of drug-likeness (QED) is 0.606. The number of hydrogen-bond donors (Lipinski definition) is 0. The van der Waals surface area contributed by atoms with Crippen molar-refractivity contribution in [2.24, 2.45) is 0 Å². The third-order valence-corrected chi connectivity index (χ3v) is 4.10. The molecule has 1 aromatic carbocycles. The molecule has 1 fully saturated rings. The molecule has 0 bridgehead atoms. The molecule has 0 amide bonds. The van der Waals surface area contributed by atoms with Crippen LogP contribution in [0.1, 0.15) is 28.8 Å². The summed E-state index contributed by atoms with van der Waals surface area (Å²) in [7, 11) is 1.54. The number of nitrogens with zero attached hydrogens (tertiary/aromatic N) is 1. The number of ketones is 1. The first-order valence-corrected chi connectivity index (χ1v) is 7.41. The largest absolute Gasteiger partial charge is 0.497 e. The van der Waals surface area contributed by atoms with Gasteiger partial charge in [0.25, 0.3) is 0 Å². The number of esters is 1. The van der Waals surface area contributed by atoms with Gasteiger partial charge in [0.15, 0.2) is 12.4 Å². The average molecular weight is 311 g/mol. The highest BCUT2D eigenvalue weighted by atomic mass is 16.5. The summed E-state index contributed by atoms with van der Waals surface area (Å²) in [5.41, 5.74) is 0.759. The molecule has 1 aliphatic carbocycles. The second kappa shape index (κ2) is 6.20. The van der Waals surface area contributed by atoms with Crippen LogP contribution in [0.15, 0.2) is 48.8 Å². The van der Waals surface area contributed by atoms with E-state index < -0.39 is 5.41 Å². The van der Waals surface area contributed by atoms with Crippen LogP contribution in [0.3, 0.4) is 0 Å². The molecule has 0 radical (unpaired) electrons. The summed E-state index contributed by atoms with van der Waals surface area (Å²) in [6.45, 7) is -0.265. The first-order chi connectivity index (χ1) is 11.2. The minimum absolute atomic E-state index is 0.247. The van der Waals surface area contributed by atoms with Crippen LogP contribution >= 0.6 is 0 Å². The number of carbonyl (C=O) groups excluding carboxylic acids is 2. The van der Waals surface area contributed by atoms with Crippen molar-refractivity contribution >= 4 is 11.8 Å². The van der Waals surface area contributed by atoms with Crippen LogP contribution in [-0.2, 0) is 14.9 Å². The van der Waals surface area contributed by atoms with E-state index in [1.807, 2.05) is 12.1 Å². The average Bonchev–Trinajstić information content (AvgIpc) is 3.42. The first kappa shape index (κ1) is 15.2. The van der Waals surface area contributed by atoms with Gasteiger partial charge in [-0.2, -0.15) is 0 Å². The van der Waals surface area contributed by atoms with Crippen molar-refractivity contribution in [3.8, 4) is 5.75 Å². The number of carbonyl (C=O) groups is 2. The molecule has 0 atom stereocenters. The maximum atomic E-state index is 12.4. The third kappa shape index (κ3) is 3.08. The highest BCUT2D eigenvalue weighted by Gasteiger charge is 2.52. The molecule has 23 heavy (non-hydrogen) atoms. The molecular formula is C18H17NO4. The van der Waals surface area contributed by atoms with Crippen molar-refractivity contribution < 1.29 is 19.1 Å². The SMILES string of the molecule is COc1cccc(C(=O)COC(=O)C2(c3ccncc3)CC2)c1. The summed E-state index contributed by atoms with van der Waals surface area (Å²) < 4.78 is 10.4. The van der Waals surface area contributed by atoms with Gasteiger partial charge in [-0.3, -0.25) is 14.6 Å². The fourth-order valence-corrected chi connectivity index (χ4v) is 2.56. The van der Waals surface area contributed by atoms with Gasteiger partial charge in [0.2, 0.25) is 0 Å². The van der Waals surface area contributed by atoms with Crippen molar-refractivity contribution in [1.82, 2.24) is 4.98 Å². The molecule has 0 spiro atoms. The van der Waals surface area contributed by atoms with Crippen LogP contribution in [-0.4, -0.2) is 30.5 Å². The number of pyridine rings is 1. The molecule has 0 saturated heterocycles. The molecule has 118 valence electrons. The van der Waals surface area contributed by atoms with Gasteiger partial charge in [0.1, 0.15) is 5.75 Å². The molecule has 1 aromatic heterocycles. The van der Waals surface area contributed by atoms with Gasteiger partial charge in [0.05, 0.1) is 12.5 Å². The second-order valence-corrected chi connectivity index (χ2v) is 5.55. The highest BCUT2D eigenvalue weighted by Crippen LogP contribution is 2.49. The molecule has 1 saturated carbocycles. The van der Waals surface area contributed by atoms with Crippen LogP contribution in [0.25, 0.3) is 0 Å². The number of rotatable bonds is 6. The molecule has 2 aromatic rings. The van der Waals surface area contributed by atoms with E-state index in [4.69, 9.17) is 9.47 Å². The number of aromatic nitrogens is 1. The van der Waals surface area contributed by atoms with E-state index in [0.29, 0.717) is 11.3 Å². The van der Waals surface area contributed by atoms with Gasteiger partial charge >= 0.3 is 5.97 Å². The Balaban J connectivity index is 1.64. The molecule has 5 nitrogen and oxygen atoms in total. The summed E-state index contributed by atoms with van der Waals surface area (Å²) in [5.74, 6) is 0.000324. The zero-order valence-electron chi connectivity index (χ0n) is 12.8. The van der Waals surface area contributed by atoms with Crippen LogP contribution in [0, 0.1) is 0 Å². The van der Waals surface area contributed by atoms with Crippen molar-refractivity contribution in [2.75, 3.05) is 13.7 Å². The van der Waals surface area contributed by atoms with Crippen molar-refractivity contribution in [3.63, 3.8) is 0 Å². The van der Waals surface area contributed by atoms with Crippen LogP contribution in [0.2, 0.25) is 0 Å². The van der Waals surface area contributed by atoms with Crippen molar-refractivity contribution in [1.29, 1.82) is 0 Å². The summed E-state index contributed by atoms with van der Waals surface area (Å²) in [6, 6.07) is 10.4. The van der Waals surface area contributed by atoms with Gasteiger partial charge < -0.3 is 9.47 Å². The highest BCUT2D eigenvalue weighted by molar-refractivity contribution is 5.99. The minimum Gasteiger partial charge on any atom is -0.497 e. The van der Waals surface area contributed by atoms with Gasteiger partial charge in [-0.05, 0) is 42.7 Å². The van der Waals surface area contributed by atoms with Crippen LogP contribution in [0.5, 0.6) is 5.75 Å². The minimum atomic E-state index is -0.600. The van der Waals surface area contributed by atoms with Gasteiger partial charge in [-0.15, -0.1) is 0 Å². The van der Waals surface area contributed by atoms with E-state index in [1.165, 1.54) is 7.11 Å². The van der Waals surface area contributed by atoms with E-state index in [2.05, 4.69) is 4.98 Å². The standard InChI is InChI=1S/C18H17NO4/c1-22-15-4-2-3-13(11-15)16(20)12-23-17(21)18(7-8-18)14-5-9-19-10-6-14/h2-6,9-11H,7-8,12H2,1H3. The number of methoxy groups -OCH3 is 1. The molecule has 1 aliphatic rings. The molecule has 1 heterocycles. The second-order valence-electron chi connectivity index (χ2n) is 5.55. The fourth-order valence-electron chi connectivity index (χ4n) is 2.56. The molecular weight excluding hydrogens is 294 g/mol. The number of Topliss-reactive ketones (excluding diaryl/α,β-unsaturated/α-hetero) is 1. The maximum absolute atomic E-state index is 12.4. The Kier molecular flexibility index (Phi) is 4.10. The van der Waals surface area contributed by atoms with E-state index in [0.717, 1.165) is 18.4 Å². The zero-order chi connectivity index (χ0) is 16.3. The van der Waals surface area contributed by atoms with Crippen LogP contribution < -0.4 is 4.74 Å². The lowest BCUT2D eigenvalue weighted by Gasteiger charge is -2.14. The Morgan fingerprint density at radius 3 is 2.57 bits per heavy atom.